The summed E-state index contributed by atoms with van der Waals surface area (Å²) in [4.78, 5) is 0. The van der Waals surface area contributed by atoms with Gasteiger partial charge in [0.2, 0.25) is 0 Å². The van der Waals surface area contributed by atoms with E-state index in [2.05, 4.69) is 15.8 Å². The Morgan fingerprint density at radius 2 is 2.09 bits per heavy atom. The molecule has 1 fully saturated rings. The Bertz CT molecular complexity index is 556. The number of hydrogen-bond donors (Lipinski definition) is 3. The molecule has 0 spiro atoms. The van der Waals surface area contributed by atoms with Crippen LogP contribution in [0.2, 0.25) is 0 Å². The van der Waals surface area contributed by atoms with Gasteiger partial charge in [0.1, 0.15) is 11.6 Å². The first kappa shape index (κ1) is 16.7. The maximum atomic E-state index is 13.3. The van der Waals surface area contributed by atoms with Gasteiger partial charge in [-0.25, -0.2) is 4.39 Å². The molecule has 0 atom stereocenters. The van der Waals surface area contributed by atoms with Crippen LogP contribution in [0.3, 0.4) is 0 Å². The van der Waals surface area contributed by atoms with Crippen LogP contribution in [-0.2, 0) is 0 Å². The molecular weight excluding hydrogens is 301 g/mol. The maximum absolute atomic E-state index is 13.3. The molecule has 0 unspecified atom stereocenters. The topological polar surface area (TPSA) is 56.7 Å². The standard InChI is InChI=1S/C16H22FN3OS/c1-2-14(13-10-11(17)8-9-15(13)21)19-20-16(22)18-12-6-4-3-5-7-12/h8-10,12,21H,2-7H2,1H3,(H2,18,20,22)/b19-14+. The third kappa shape index (κ3) is 4.66. The SMILES string of the molecule is CC/C(=N\NC(=S)NC1CCCCC1)c1cc(F)ccc1O. The monoisotopic (exact) mass is 323 g/mol. The van der Waals surface area contributed by atoms with E-state index in [9.17, 15) is 9.50 Å². The molecule has 0 amide bonds. The molecule has 1 aromatic rings. The average molecular weight is 323 g/mol. The van der Waals surface area contributed by atoms with Crippen molar-refractivity contribution >= 4 is 23.0 Å². The van der Waals surface area contributed by atoms with Crippen molar-refractivity contribution in [2.45, 2.75) is 51.5 Å². The van der Waals surface area contributed by atoms with Crippen LogP contribution in [-0.4, -0.2) is 22.0 Å². The quantitative estimate of drug-likeness (QED) is 0.451. The van der Waals surface area contributed by atoms with Crippen LogP contribution in [0.15, 0.2) is 23.3 Å². The molecule has 4 nitrogen and oxygen atoms in total. The van der Waals surface area contributed by atoms with Gasteiger partial charge in [-0.15, -0.1) is 0 Å². The van der Waals surface area contributed by atoms with E-state index in [0.29, 0.717) is 28.9 Å². The van der Waals surface area contributed by atoms with E-state index in [-0.39, 0.29) is 5.75 Å². The Morgan fingerprint density at radius 1 is 1.36 bits per heavy atom. The van der Waals surface area contributed by atoms with E-state index in [1.807, 2.05) is 6.92 Å². The van der Waals surface area contributed by atoms with E-state index in [1.165, 1.54) is 37.5 Å². The predicted octanol–water partition coefficient (Wildman–Crippen LogP) is 3.44. The highest BCUT2D eigenvalue weighted by Gasteiger charge is 2.14. The number of hydrogen-bond acceptors (Lipinski definition) is 3. The lowest BCUT2D eigenvalue weighted by Crippen LogP contribution is -2.41. The van der Waals surface area contributed by atoms with Crippen molar-refractivity contribution < 1.29 is 9.50 Å². The molecule has 0 aliphatic heterocycles. The summed E-state index contributed by atoms with van der Waals surface area (Å²) in [6.07, 6.45) is 6.53. The zero-order valence-corrected chi connectivity index (χ0v) is 13.5. The molecule has 120 valence electrons. The van der Waals surface area contributed by atoms with Gasteiger partial charge in [0.15, 0.2) is 5.11 Å². The zero-order chi connectivity index (χ0) is 15.9. The predicted molar refractivity (Wildman–Crippen MR) is 90.6 cm³/mol. The lowest BCUT2D eigenvalue weighted by Gasteiger charge is -2.23. The fourth-order valence-corrected chi connectivity index (χ4v) is 2.86. The molecule has 0 radical (unpaired) electrons. The molecule has 3 N–H and O–H groups in total. The minimum Gasteiger partial charge on any atom is -0.507 e. The summed E-state index contributed by atoms with van der Waals surface area (Å²) in [5.41, 5.74) is 3.75. The number of hydrazone groups is 1. The van der Waals surface area contributed by atoms with Crippen molar-refractivity contribution in [1.29, 1.82) is 0 Å². The Balaban J connectivity index is 1.99. The smallest absolute Gasteiger partial charge is 0.187 e. The van der Waals surface area contributed by atoms with Gasteiger partial charge in [0.05, 0.1) is 5.71 Å². The fraction of sp³-hybridized carbons (Fsp3) is 0.500. The Morgan fingerprint density at radius 3 is 2.77 bits per heavy atom. The zero-order valence-electron chi connectivity index (χ0n) is 12.7. The third-order valence-electron chi connectivity index (χ3n) is 3.84. The molecule has 0 bridgehead atoms. The molecule has 1 saturated carbocycles. The summed E-state index contributed by atoms with van der Waals surface area (Å²) in [6, 6.07) is 4.22. The first-order valence-electron chi connectivity index (χ1n) is 7.72. The summed E-state index contributed by atoms with van der Waals surface area (Å²) in [6.45, 7) is 1.89. The van der Waals surface area contributed by atoms with Crippen LogP contribution < -0.4 is 10.7 Å². The molecule has 0 aromatic heterocycles. The normalized spacial score (nSPS) is 16.4. The van der Waals surface area contributed by atoms with Crippen molar-refractivity contribution in [1.82, 2.24) is 10.7 Å². The van der Waals surface area contributed by atoms with E-state index >= 15 is 0 Å². The van der Waals surface area contributed by atoms with E-state index in [4.69, 9.17) is 12.2 Å². The molecule has 6 heteroatoms. The first-order chi connectivity index (χ1) is 10.6. The highest BCUT2D eigenvalue weighted by atomic mass is 32.1. The van der Waals surface area contributed by atoms with Crippen molar-refractivity contribution in [3.8, 4) is 5.75 Å². The lowest BCUT2D eigenvalue weighted by molar-refractivity contribution is 0.412. The van der Waals surface area contributed by atoms with E-state index in [1.54, 1.807) is 0 Å². The van der Waals surface area contributed by atoms with Gasteiger partial charge in [-0.1, -0.05) is 26.2 Å². The molecule has 1 aliphatic carbocycles. The number of phenolic OH excluding ortho intramolecular Hbond substituents is 1. The van der Waals surface area contributed by atoms with Crippen molar-refractivity contribution in [3.63, 3.8) is 0 Å². The van der Waals surface area contributed by atoms with E-state index < -0.39 is 5.82 Å². The minimum absolute atomic E-state index is 0.00922. The van der Waals surface area contributed by atoms with Crippen LogP contribution in [0.4, 0.5) is 4.39 Å². The number of thiocarbonyl (C=S) groups is 1. The van der Waals surface area contributed by atoms with Gasteiger partial charge in [0.25, 0.3) is 0 Å². The molecule has 2 rings (SSSR count). The van der Waals surface area contributed by atoms with Crippen LogP contribution >= 0.6 is 12.2 Å². The van der Waals surface area contributed by atoms with Gasteiger partial charge in [-0.05, 0) is 49.7 Å². The Labute approximate surface area is 135 Å². The van der Waals surface area contributed by atoms with Crippen molar-refractivity contribution in [2.24, 2.45) is 5.10 Å². The van der Waals surface area contributed by atoms with E-state index in [0.717, 1.165) is 12.8 Å². The molecular formula is C16H22FN3OS. The summed E-state index contributed by atoms with van der Waals surface area (Å²) in [5, 5.41) is 17.8. The van der Waals surface area contributed by atoms with Crippen molar-refractivity contribution in [3.05, 3.63) is 29.6 Å². The first-order valence-corrected chi connectivity index (χ1v) is 8.13. The second-order valence-corrected chi connectivity index (χ2v) is 5.90. The van der Waals surface area contributed by atoms with Crippen LogP contribution in [0.25, 0.3) is 0 Å². The number of aromatic hydroxyl groups is 1. The number of halogens is 1. The summed E-state index contributed by atoms with van der Waals surface area (Å²) in [7, 11) is 0. The number of nitrogens with zero attached hydrogens (tertiary/aromatic N) is 1. The van der Waals surface area contributed by atoms with Crippen LogP contribution in [0.1, 0.15) is 51.0 Å². The number of rotatable bonds is 4. The van der Waals surface area contributed by atoms with Gasteiger partial charge in [0, 0.05) is 11.6 Å². The second kappa shape index (κ2) is 8.08. The average Bonchev–Trinajstić information content (AvgIpc) is 2.52. The number of phenols is 1. The van der Waals surface area contributed by atoms with Crippen molar-refractivity contribution in [2.75, 3.05) is 0 Å². The number of benzene rings is 1. The third-order valence-corrected chi connectivity index (χ3v) is 4.05. The molecule has 1 aromatic carbocycles. The Kier molecular flexibility index (Phi) is 6.12. The maximum Gasteiger partial charge on any atom is 0.187 e. The summed E-state index contributed by atoms with van der Waals surface area (Å²) < 4.78 is 13.3. The lowest BCUT2D eigenvalue weighted by atomic mass is 9.96. The summed E-state index contributed by atoms with van der Waals surface area (Å²) >= 11 is 5.24. The summed E-state index contributed by atoms with van der Waals surface area (Å²) in [5.74, 6) is -0.396. The minimum atomic E-state index is -0.406. The largest absolute Gasteiger partial charge is 0.507 e. The van der Waals surface area contributed by atoms with Crippen LogP contribution in [0.5, 0.6) is 5.75 Å². The second-order valence-electron chi connectivity index (χ2n) is 5.49. The molecule has 22 heavy (non-hydrogen) atoms. The molecule has 0 heterocycles. The van der Waals surface area contributed by atoms with Gasteiger partial charge < -0.3 is 10.4 Å². The Hall–Kier alpha value is -1.69. The highest BCUT2D eigenvalue weighted by Crippen LogP contribution is 2.20. The van der Waals surface area contributed by atoms with Gasteiger partial charge >= 0.3 is 0 Å². The molecule has 0 saturated heterocycles. The molecule has 1 aliphatic rings. The van der Waals surface area contributed by atoms with Gasteiger partial charge in [-0.2, -0.15) is 5.10 Å². The van der Waals surface area contributed by atoms with Gasteiger partial charge in [-0.3, -0.25) is 5.43 Å². The fourth-order valence-electron chi connectivity index (χ4n) is 2.65. The van der Waals surface area contributed by atoms with Crippen LogP contribution in [0, 0.1) is 5.82 Å². The number of nitrogens with one attached hydrogen (secondary N) is 2. The highest BCUT2D eigenvalue weighted by molar-refractivity contribution is 7.80.